The Morgan fingerprint density at radius 2 is 1.89 bits per heavy atom. The minimum Gasteiger partial charge on any atom is -0.493 e. The third-order valence-corrected chi connectivity index (χ3v) is 6.21. The molecule has 0 bridgehead atoms. The molecule has 0 aliphatic carbocycles. The zero-order valence-electron chi connectivity index (χ0n) is 20.7. The highest BCUT2D eigenvalue weighted by molar-refractivity contribution is 6.31. The molecule has 1 fully saturated rings. The molecule has 2 aromatic carbocycles. The summed E-state index contributed by atoms with van der Waals surface area (Å²) < 4.78 is 31.1. The molecule has 0 N–H and O–H groups in total. The van der Waals surface area contributed by atoms with E-state index in [0.717, 1.165) is 55.9 Å². The Morgan fingerprint density at radius 1 is 1.11 bits per heavy atom. The van der Waals surface area contributed by atoms with E-state index in [1.807, 2.05) is 17.0 Å². The van der Waals surface area contributed by atoms with Crippen molar-refractivity contribution in [2.75, 3.05) is 51.5 Å². The molecule has 9 heteroatoms. The van der Waals surface area contributed by atoms with Gasteiger partial charge < -0.3 is 19.1 Å². The van der Waals surface area contributed by atoms with Gasteiger partial charge in [-0.05, 0) is 51.5 Å². The Kier molecular flexibility index (Phi) is 7.94. The highest BCUT2D eigenvalue weighted by atomic mass is 35.5. The van der Waals surface area contributed by atoms with Crippen molar-refractivity contribution in [3.63, 3.8) is 0 Å². The molecule has 1 aromatic heterocycles. The van der Waals surface area contributed by atoms with Crippen LogP contribution in [0.15, 0.2) is 36.7 Å². The molecule has 0 unspecified atom stereocenters. The molecular formula is C26H32ClFN4O3. The third kappa shape index (κ3) is 5.94. The van der Waals surface area contributed by atoms with Gasteiger partial charge in [-0.25, -0.2) is 14.4 Å². The summed E-state index contributed by atoms with van der Waals surface area (Å²) in [5, 5.41) is 0.855. The average Bonchev–Trinajstić information content (AvgIpc) is 2.83. The summed E-state index contributed by atoms with van der Waals surface area (Å²) in [6.07, 6.45) is 2.41. The van der Waals surface area contributed by atoms with Gasteiger partial charge in [-0.2, -0.15) is 0 Å². The van der Waals surface area contributed by atoms with Crippen molar-refractivity contribution in [1.82, 2.24) is 14.9 Å². The Labute approximate surface area is 210 Å². The summed E-state index contributed by atoms with van der Waals surface area (Å²) in [5.74, 6) is 1.45. The Morgan fingerprint density at radius 3 is 2.57 bits per heavy atom. The van der Waals surface area contributed by atoms with Gasteiger partial charge in [-0.15, -0.1) is 0 Å². The molecule has 1 aliphatic heterocycles. The minimum absolute atomic E-state index is 0.0565. The quantitative estimate of drug-likeness (QED) is 0.378. The van der Waals surface area contributed by atoms with Crippen LogP contribution in [0.25, 0.3) is 10.9 Å². The van der Waals surface area contributed by atoms with E-state index >= 15 is 0 Å². The molecule has 7 nitrogen and oxygen atoms in total. The number of ether oxygens (including phenoxy) is 3. The van der Waals surface area contributed by atoms with Gasteiger partial charge >= 0.3 is 0 Å². The highest BCUT2D eigenvalue weighted by Crippen LogP contribution is 2.40. The summed E-state index contributed by atoms with van der Waals surface area (Å²) in [7, 11) is 1.62. The summed E-state index contributed by atoms with van der Waals surface area (Å²) in [6.45, 7) is 11.2. The van der Waals surface area contributed by atoms with Crippen LogP contribution in [0.5, 0.6) is 11.5 Å². The van der Waals surface area contributed by atoms with Crippen LogP contribution >= 0.6 is 11.6 Å². The van der Waals surface area contributed by atoms with E-state index in [-0.39, 0.29) is 10.6 Å². The maximum Gasteiger partial charge on any atom is 0.162 e. The van der Waals surface area contributed by atoms with E-state index in [9.17, 15) is 4.39 Å². The first-order valence-corrected chi connectivity index (χ1v) is 12.2. The fourth-order valence-corrected chi connectivity index (χ4v) is 4.42. The number of morpholine rings is 1. The number of anilines is 2. The molecule has 1 saturated heterocycles. The molecule has 188 valence electrons. The number of fused-ring (bicyclic) bond motifs is 1. The first-order valence-electron chi connectivity index (χ1n) is 11.8. The van der Waals surface area contributed by atoms with E-state index in [4.69, 9.17) is 25.8 Å². The molecule has 0 saturated carbocycles. The minimum atomic E-state index is -0.464. The van der Waals surface area contributed by atoms with Crippen LogP contribution in [0.2, 0.25) is 5.02 Å². The molecule has 4 rings (SSSR count). The van der Waals surface area contributed by atoms with Gasteiger partial charge in [-0.1, -0.05) is 11.6 Å². The van der Waals surface area contributed by atoms with Crippen LogP contribution in [0.1, 0.15) is 27.2 Å². The molecule has 3 aromatic rings. The van der Waals surface area contributed by atoms with Crippen LogP contribution in [0.3, 0.4) is 0 Å². The normalized spacial score (nSPS) is 14.8. The highest BCUT2D eigenvalue weighted by Gasteiger charge is 2.28. The molecule has 2 heterocycles. The Balaban J connectivity index is 1.66. The lowest BCUT2D eigenvalue weighted by atomic mass is 10.0. The van der Waals surface area contributed by atoms with E-state index in [1.165, 1.54) is 12.4 Å². The molecule has 35 heavy (non-hydrogen) atoms. The van der Waals surface area contributed by atoms with Gasteiger partial charge in [0.1, 0.15) is 18.0 Å². The second-order valence-corrected chi connectivity index (χ2v) is 9.89. The van der Waals surface area contributed by atoms with Gasteiger partial charge in [0.05, 0.1) is 37.5 Å². The molecular weight excluding hydrogens is 471 g/mol. The predicted molar refractivity (Wildman–Crippen MR) is 137 cm³/mol. The van der Waals surface area contributed by atoms with Gasteiger partial charge in [0.2, 0.25) is 0 Å². The number of methoxy groups -OCH3 is 1. The second kappa shape index (κ2) is 10.9. The summed E-state index contributed by atoms with van der Waals surface area (Å²) in [5.41, 5.74) is 1.06. The molecule has 0 amide bonds. The van der Waals surface area contributed by atoms with E-state index in [1.54, 1.807) is 19.2 Å². The monoisotopic (exact) mass is 502 g/mol. The van der Waals surface area contributed by atoms with Crippen molar-refractivity contribution >= 4 is 34.0 Å². The van der Waals surface area contributed by atoms with Crippen molar-refractivity contribution in [2.24, 2.45) is 0 Å². The van der Waals surface area contributed by atoms with Crippen molar-refractivity contribution in [1.29, 1.82) is 0 Å². The predicted octanol–water partition coefficient (Wildman–Crippen LogP) is 5.47. The Bertz CT molecular complexity index is 1170. The van der Waals surface area contributed by atoms with Crippen LogP contribution in [-0.4, -0.2) is 67.0 Å². The molecule has 1 aliphatic rings. The van der Waals surface area contributed by atoms with Crippen LogP contribution in [0, 0.1) is 5.82 Å². The summed E-state index contributed by atoms with van der Waals surface area (Å²) in [6, 6.07) is 8.46. The lowest BCUT2D eigenvalue weighted by Crippen LogP contribution is -2.38. The molecule has 0 atom stereocenters. The smallest absolute Gasteiger partial charge is 0.162 e. The number of hydrogen-bond donors (Lipinski definition) is 0. The van der Waals surface area contributed by atoms with E-state index in [0.29, 0.717) is 23.9 Å². The standard InChI is InChI=1S/C26H32ClFN4O3/c1-26(2,3)32(18-6-7-21(28)20(27)14-18)25-19-15-24(23(33-4)16-22(19)29-17-30-25)35-11-5-8-31-9-12-34-13-10-31/h6-7,14-17H,5,8-13H2,1-4H3. The molecule has 0 radical (unpaired) electrons. The number of aromatic nitrogens is 2. The maximum absolute atomic E-state index is 13.9. The van der Waals surface area contributed by atoms with Crippen molar-refractivity contribution < 1.29 is 18.6 Å². The van der Waals surface area contributed by atoms with Crippen molar-refractivity contribution in [3.8, 4) is 11.5 Å². The number of halogens is 2. The first-order chi connectivity index (χ1) is 16.8. The topological polar surface area (TPSA) is 60.0 Å². The zero-order valence-corrected chi connectivity index (χ0v) is 21.4. The fraction of sp³-hybridized carbons (Fsp3) is 0.462. The second-order valence-electron chi connectivity index (χ2n) is 9.48. The zero-order chi connectivity index (χ0) is 25.0. The van der Waals surface area contributed by atoms with E-state index in [2.05, 4.69) is 35.6 Å². The summed E-state index contributed by atoms with van der Waals surface area (Å²) in [4.78, 5) is 13.5. The van der Waals surface area contributed by atoms with Gasteiger partial charge in [0, 0.05) is 42.3 Å². The van der Waals surface area contributed by atoms with Crippen molar-refractivity contribution in [3.05, 3.63) is 47.5 Å². The van der Waals surface area contributed by atoms with Gasteiger partial charge in [-0.3, -0.25) is 4.90 Å². The third-order valence-electron chi connectivity index (χ3n) is 5.92. The largest absolute Gasteiger partial charge is 0.493 e. The summed E-state index contributed by atoms with van der Waals surface area (Å²) >= 11 is 6.12. The first kappa shape index (κ1) is 25.4. The fourth-order valence-electron chi connectivity index (χ4n) is 4.25. The average molecular weight is 503 g/mol. The lowest BCUT2D eigenvalue weighted by Gasteiger charge is -2.37. The van der Waals surface area contributed by atoms with E-state index < -0.39 is 5.82 Å². The SMILES string of the molecule is COc1cc2ncnc(N(c3ccc(F)c(Cl)c3)C(C)(C)C)c2cc1OCCCN1CCOCC1. The lowest BCUT2D eigenvalue weighted by molar-refractivity contribution is 0.0357. The van der Waals surface area contributed by atoms with Crippen LogP contribution in [-0.2, 0) is 4.74 Å². The number of nitrogens with zero attached hydrogens (tertiary/aromatic N) is 4. The van der Waals surface area contributed by atoms with Crippen LogP contribution < -0.4 is 14.4 Å². The molecule has 0 spiro atoms. The number of hydrogen-bond acceptors (Lipinski definition) is 7. The van der Waals surface area contributed by atoms with Crippen molar-refractivity contribution in [2.45, 2.75) is 32.7 Å². The van der Waals surface area contributed by atoms with Gasteiger partial charge in [0.15, 0.2) is 11.5 Å². The van der Waals surface area contributed by atoms with Gasteiger partial charge in [0.25, 0.3) is 0 Å². The Hall–Kier alpha value is -2.68. The number of rotatable bonds is 8. The number of benzene rings is 2. The van der Waals surface area contributed by atoms with Crippen LogP contribution in [0.4, 0.5) is 15.9 Å². The maximum atomic E-state index is 13.9.